The number of fused-ring (bicyclic) bond motifs is 1. The van der Waals surface area contributed by atoms with Crippen LogP contribution in [0.1, 0.15) is 0 Å². The quantitative estimate of drug-likeness (QED) is 0.575. The molecule has 4 rings (SSSR count). The molecule has 0 radical (unpaired) electrons. The van der Waals surface area contributed by atoms with E-state index in [1.165, 1.54) is 0 Å². The van der Waals surface area contributed by atoms with Crippen molar-refractivity contribution in [2.45, 2.75) is 0 Å². The third-order valence-corrected chi connectivity index (χ3v) is 4.12. The van der Waals surface area contributed by atoms with Gasteiger partial charge in [-0.25, -0.2) is 15.0 Å². The summed E-state index contributed by atoms with van der Waals surface area (Å²) >= 11 is 6.24. The average molecular weight is 364 g/mol. The summed E-state index contributed by atoms with van der Waals surface area (Å²) in [5, 5.41) is 4.52. The second-order valence-corrected chi connectivity index (χ2v) is 5.89. The molecule has 6 nitrogen and oxygen atoms in total. The summed E-state index contributed by atoms with van der Waals surface area (Å²) < 4.78 is 5.33. The molecule has 0 saturated carbocycles. The van der Waals surface area contributed by atoms with Gasteiger partial charge in [-0.1, -0.05) is 11.6 Å². The number of methoxy groups -OCH3 is 1. The molecule has 3 heterocycles. The van der Waals surface area contributed by atoms with Crippen molar-refractivity contribution < 1.29 is 4.74 Å². The van der Waals surface area contributed by atoms with Crippen LogP contribution in [0.25, 0.3) is 22.3 Å². The maximum absolute atomic E-state index is 6.24. The number of nitrogens with zero attached hydrogens (tertiary/aromatic N) is 4. The fourth-order valence-electron chi connectivity index (χ4n) is 2.54. The summed E-state index contributed by atoms with van der Waals surface area (Å²) in [6.45, 7) is 0. The maximum atomic E-state index is 6.24. The van der Waals surface area contributed by atoms with Gasteiger partial charge in [0.15, 0.2) is 5.82 Å². The number of ether oxygens (including phenoxy) is 1. The fraction of sp³-hybridized carbons (Fsp3) is 0.0526. The lowest BCUT2D eigenvalue weighted by atomic mass is 10.2. The molecule has 0 aliphatic carbocycles. The molecule has 4 aromatic rings. The number of halogens is 1. The van der Waals surface area contributed by atoms with Crippen molar-refractivity contribution in [1.82, 2.24) is 19.9 Å². The Morgan fingerprint density at radius 1 is 1.00 bits per heavy atom. The first-order valence-corrected chi connectivity index (χ1v) is 8.26. The predicted octanol–water partition coefficient (Wildman–Crippen LogP) is 4.49. The molecule has 0 aliphatic heterocycles. The summed E-state index contributed by atoms with van der Waals surface area (Å²) in [5.74, 6) is 2.39. The third kappa shape index (κ3) is 3.14. The Bertz CT molecular complexity index is 1070. The lowest BCUT2D eigenvalue weighted by Gasteiger charge is -2.12. The van der Waals surface area contributed by atoms with Crippen molar-refractivity contribution >= 4 is 34.1 Å². The minimum atomic E-state index is 0.505. The molecule has 0 aliphatic rings. The van der Waals surface area contributed by atoms with Gasteiger partial charge in [-0.05, 0) is 42.5 Å². The van der Waals surface area contributed by atoms with Gasteiger partial charge >= 0.3 is 0 Å². The number of pyridine rings is 2. The zero-order valence-corrected chi connectivity index (χ0v) is 14.6. The largest absolute Gasteiger partial charge is 0.497 e. The summed E-state index contributed by atoms with van der Waals surface area (Å²) in [6.07, 6.45) is 5.10. The molecule has 3 aromatic heterocycles. The van der Waals surface area contributed by atoms with Crippen LogP contribution in [0, 0.1) is 0 Å². The standard InChI is InChI=1S/C19H14ClN5O/c1-26-13-6-7-16-14(10-13)18(25-19-15(20)5-3-9-22-19)24-17(23-16)12-4-2-8-21-11-12/h2-11H,1H3,(H,22,23,24,25). The first-order valence-electron chi connectivity index (χ1n) is 7.88. The molecular formula is C19H14ClN5O. The summed E-state index contributed by atoms with van der Waals surface area (Å²) in [4.78, 5) is 17.7. The number of nitrogens with one attached hydrogen (secondary N) is 1. The van der Waals surface area contributed by atoms with E-state index in [-0.39, 0.29) is 0 Å². The van der Waals surface area contributed by atoms with Crippen LogP contribution in [-0.4, -0.2) is 27.0 Å². The molecule has 26 heavy (non-hydrogen) atoms. The van der Waals surface area contributed by atoms with E-state index in [4.69, 9.17) is 16.3 Å². The second-order valence-electron chi connectivity index (χ2n) is 5.48. The smallest absolute Gasteiger partial charge is 0.163 e. The highest BCUT2D eigenvalue weighted by Gasteiger charge is 2.12. The fourth-order valence-corrected chi connectivity index (χ4v) is 2.71. The lowest BCUT2D eigenvalue weighted by Crippen LogP contribution is -2.01. The number of hydrogen-bond donors (Lipinski definition) is 1. The molecule has 128 valence electrons. The first-order chi connectivity index (χ1) is 12.7. The lowest BCUT2D eigenvalue weighted by molar-refractivity contribution is 0.415. The number of hydrogen-bond acceptors (Lipinski definition) is 6. The van der Waals surface area contributed by atoms with Crippen molar-refractivity contribution in [1.29, 1.82) is 0 Å². The Hall–Kier alpha value is -3.25. The normalized spacial score (nSPS) is 10.7. The van der Waals surface area contributed by atoms with Crippen LogP contribution in [0.5, 0.6) is 5.75 Å². The van der Waals surface area contributed by atoms with Crippen LogP contribution in [0.3, 0.4) is 0 Å². The Morgan fingerprint density at radius 2 is 1.88 bits per heavy atom. The van der Waals surface area contributed by atoms with Crippen molar-refractivity contribution in [2.75, 3.05) is 12.4 Å². The Balaban J connectivity index is 1.91. The molecule has 0 amide bonds. The molecular weight excluding hydrogens is 350 g/mol. The topological polar surface area (TPSA) is 72.8 Å². The first kappa shape index (κ1) is 16.2. The molecule has 0 saturated heterocycles. The van der Waals surface area contributed by atoms with Crippen molar-refractivity contribution in [3.63, 3.8) is 0 Å². The summed E-state index contributed by atoms with van der Waals surface area (Å²) in [6, 6.07) is 12.9. The molecule has 0 unspecified atom stereocenters. The molecule has 0 atom stereocenters. The van der Waals surface area contributed by atoms with E-state index in [1.807, 2.05) is 30.3 Å². The van der Waals surface area contributed by atoms with E-state index >= 15 is 0 Å². The van der Waals surface area contributed by atoms with E-state index in [0.29, 0.717) is 28.2 Å². The van der Waals surface area contributed by atoms with Gasteiger partial charge in [-0.2, -0.15) is 0 Å². The Kier molecular flexibility index (Phi) is 4.33. The van der Waals surface area contributed by atoms with Gasteiger partial charge in [-0.3, -0.25) is 4.98 Å². The Labute approximate surface area is 154 Å². The van der Waals surface area contributed by atoms with E-state index in [9.17, 15) is 0 Å². The van der Waals surface area contributed by atoms with Crippen molar-refractivity contribution in [3.05, 3.63) is 66.1 Å². The summed E-state index contributed by atoms with van der Waals surface area (Å²) in [5.41, 5.74) is 1.59. The van der Waals surface area contributed by atoms with Crippen LogP contribution >= 0.6 is 11.6 Å². The van der Waals surface area contributed by atoms with Crippen LogP contribution in [0.15, 0.2) is 61.1 Å². The van der Waals surface area contributed by atoms with Gasteiger partial charge < -0.3 is 10.1 Å². The van der Waals surface area contributed by atoms with E-state index < -0.39 is 0 Å². The molecule has 0 bridgehead atoms. The van der Waals surface area contributed by atoms with Crippen LogP contribution in [-0.2, 0) is 0 Å². The predicted molar refractivity (Wildman–Crippen MR) is 102 cm³/mol. The number of anilines is 2. The highest BCUT2D eigenvalue weighted by molar-refractivity contribution is 6.33. The van der Waals surface area contributed by atoms with Gasteiger partial charge in [0.1, 0.15) is 17.4 Å². The van der Waals surface area contributed by atoms with E-state index in [2.05, 4.69) is 25.3 Å². The molecule has 0 fully saturated rings. The van der Waals surface area contributed by atoms with Crippen molar-refractivity contribution in [2.24, 2.45) is 0 Å². The van der Waals surface area contributed by atoms with Crippen molar-refractivity contribution in [3.8, 4) is 17.1 Å². The average Bonchev–Trinajstić information content (AvgIpc) is 2.70. The van der Waals surface area contributed by atoms with Crippen LogP contribution in [0.2, 0.25) is 5.02 Å². The minimum absolute atomic E-state index is 0.505. The molecule has 1 aromatic carbocycles. The molecule has 1 N–H and O–H groups in total. The Morgan fingerprint density at radius 3 is 2.65 bits per heavy atom. The number of benzene rings is 1. The summed E-state index contributed by atoms with van der Waals surface area (Å²) in [7, 11) is 1.62. The van der Waals surface area contributed by atoms with Gasteiger partial charge in [0.05, 0.1) is 17.6 Å². The monoisotopic (exact) mass is 363 g/mol. The number of rotatable bonds is 4. The SMILES string of the molecule is COc1ccc2nc(-c3cccnc3)nc(Nc3ncccc3Cl)c2c1. The van der Waals surface area contributed by atoms with Gasteiger partial charge in [0.25, 0.3) is 0 Å². The van der Waals surface area contributed by atoms with E-state index in [1.54, 1.807) is 37.8 Å². The maximum Gasteiger partial charge on any atom is 0.163 e. The highest BCUT2D eigenvalue weighted by Crippen LogP contribution is 2.31. The molecule has 0 spiro atoms. The van der Waals surface area contributed by atoms with Crippen LogP contribution in [0.4, 0.5) is 11.6 Å². The van der Waals surface area contributed by atoms with Gasteiger partial charge in [0, 0.05) is 29.5 Å². The number of aromatic nitrogens is 4. The zero-order valence-electron chi connectivity index (χ0n) is 13.8. The van der Waals surface area contributed by atoms with Gasteiger partial charge in [0.2, 0.25) is 0 Å². The molecule has 7 heteroatoms. The van der Waals surface area contributed by atoms with Gasteiger partial charge in [-0.15, -0.1) is 0 Å². The third-order valence-electron chi connectivity index (χ3n) is 3.82. The zero-order chi connectivity index (χ0) is 17.9. The second kappa shape index (κ2) is 6.93. The van der Waals surface area contributed by atoms with Crippen LogP contribution < -0.4 is 10.1 Å². The minimum Gasteiger partial charge on any atom is -0.497 e. The van der Waals surface area contributed by atoms with E-state index in [0.717, 1.165) is 16.5 Å². The highest BCUT2D eigenvalue weighted by atomic mass is 35.5.